The molecule has 3 rings (SSSR count). The lowest BCUT2D eigenvalue weighted by Crippen LogP contribution is -2.21. The molecule has 142 valence electrons. The molecule has 0 spiro atoms. The molecule has 0 saturated heterocycles. The van der Waals surface area contributed by atoms with Crippen molar-refractivity contribution in [3.05, 3.63) is 83.4 Å². The molecular formula is C21H17ClN2O3S. The second kappa shape index (κ2) is 9.30. The molecule has 0 aliphatic carbocycles. The first-order valence-electron chi connectivity index (χ1n) is 8.37. The Morgan fingerprint density at radius 1 is 1.00 bits per heavy atom. The summed E-state index contributed by atoms with van der Waals surface area (Å²) in [5, 5.41) is 3.12. The maximum atomic E-state index is 12.2. The second-order valence-corrected chi connectivity index (χ2v) is 7.29. The fourth-order valence-corrected chi connectivity index (χ4v) is 3.39. The average Bonchev–Trinajstić information content (AvgIpc) is 2.70. The number of nitrogens with one attached hydrogen (secondary N) is 1. The van der Waals surface area contributed by atoms with Crippen LogP contribution in [-0.2, 0) is 9.53 Å². The van der Waals surface area contributed by atoms with E-state index in [9.17, 15) is 9.59 Å². The van der Waals surface area contributed by atoms with Gasteiger partial charge in [0.1, 0.15) is 0 Å². The zero-order chi connectivity index (χ0) is 19.9. The molecule has 7 heteroatoms. The molecule has 28 heavy (non-hydrogen) atoms. The minimum absolute atomic E-state index is 0.231. The number of ether oxygens (including phenoxy) is 1. The van der Waals surface area contributed by atoms with Crippen LogP contribution >= 0.6 is 23.4 Å². The highest BCUT2D eigenvalue weighted by Crippen LogP contribution is 2.33. The normalized spacial score (nSPS) is 10.3. The third kappa shape index (κ3) is 5.28. The molecule has 0 aliphatic heterocycles. The van der Waals surface area contributed by atoms with Crippen molar-refractivity contribution in [3.8, 4) is 0 Å². The molecule has 3 aromatic carbocycles. The highest BCUT2D eigenvalue weighted by Gasteiger charge is 2.13. The van der Waals surface area contributed by atoms with E-state index in [0.29, 0.717) is 10.7 Å². The standard InChI is InChI=1S/C21H17ClN2O3S/c22-16-11-10-14(12-17(16)23)21(26)27-13-20(25)24-18-8-4-5-9-19(18)28-15-6-2-1-3-7-15/h1-12H,13,23H2,(H,24,25). The molecule has 3 aromatic rings. The summed E-state index contributed by atoms with van der Waals surface area (Å²) in [5.74, 6) is -1.08. The molecule has 0 radical (unpaired) electrons. The number of nitrogen functional groups attached to an aromatic ring is 1. The fraction of sp³-hybridized carbons (Fsp3) is 0.0476. The Labute approximate surface area is 171 Å². The highest BCUT2D eigenvalue weighted by molar-refractivity contribution is 7.99. The number of hydrogen-bond donors (Lipinski definition) is 2. The Hall–Kier alpha value is -2.96. The largest absolute Gasteiger partial charge is 0.452 e. The zero-order valence-corrected chi connectivity index (χ0v) is 16.3. The van der Waals surface area contributed by atoms with E-state index in [-0.39, 0.29) is 11.3 Å². The minimum atomic E-state index is -0.648. The zero-order valence-electron chi connectivity index (χ0n) is 14.7. The lowest BCUT2D eigenvalue weighted by molar-refractivity contribution is -0.119. The average molecular weight is 413 g/mol. The summed E-state index contributed by atoms with van der Waals surface area (Å²) in [7, 11) is 0. The Kier molecular flexibility index (Phi) is 6.57. The van der Waals surface area contributed by atoms with E-state index < -0.39 is 18.5 Å². The van der Waals surface area contributed by atoms with E-state index in [4.69, 9.17) is 22.1 Å². The molecule has 3 N–H and O–H groups in total. The number of halogens is 1. The van der Waals surface area contributed by atoms with Crippen molar-refractivity contribution in [2.45, 2.75) is 9.79 Å². The first kappa shape index (κ1) is 19.8. The number of carbonyl (C=O) groups is 2. The van der Waals surface area contributed by atoms with Gasteiger partial charge >= 0.3 is 5.97 Å². The van der Waals surface area contributed by atoms with Crippen LogP contribution in [-0.4, -0.2) is 18.5 Å². The van der Waals surface area contributed by atoms with Crippen LogP contribution in [0.3, 0.4) is 0 Å². The molecular weight excluding hydrogens is 396 g/mol. The lowest BCUT2D eigenvalue weighted by atomic mass is 10.2. The van der Waals surface area contributed by atoms with Crippen LogP contribution < -0.4 is 11.1 Å². The Morgan fingerprint density at radius 2 is 1.71 bits per heavy atom. The summed E-state index contributed by atoms with van der Waals surface area (Å²) in [5.41, 5.74) is 6.82. The number of nitrogens with two attached hydrogens (primary N) is 1. The van der Waals surface area contributed by atoms with E-state index in [1.165, 1.54) is 30.0 Å². The number of hydrogen-bond acceptors (Lipinski definition) is 5. The van der Waals surface area contributed by atoms with E-state index >= 15 is 0 Å². The number of anilines is 2. The number of carbonyl (C=O) groups excluding carboxylic acids is 2. The molecule has 0 saturated carbocycles. The van der Waals surface area contributed by atoms with Gasteiger partial charge in [-0.2, -0.15) is 0 Å². The molecule has 0 atom stereocenters. The highest BCUT2D eigenvalue weighted by atomic mass is 35.5. The number of para-hydroxylation sites is 1. The molecule has 0 unspecified atom stereocenters. The summed E-state index contributed by atoms with van der Waals surface area (Å²) < 4.78 is 5.06. The van der Waals surface area contributed by atoms with Crippen molar-refractivity contribution in [2.24, 2.45) is 0 Å². The predicted octanol–water partition coefficient (Wildman–Crippen LogP) is 4.87. The predicted molar refractivity (Wildman–Crippen MR) is 112 cm³/mol. The number of amides is 1. The van der Waals surface area contributed by atoms with Gasteiger partial charge in [-0.1, -0.05) is 53.7 Å². The topological polar surface area (TPSA) is 81.4 Å². The third-order valence-electron chi connectivity index (χ3n) is 3.70. The van der Waals surface area contributed by atoms with Gasteiger partial charge < -0.3 is 15.8 Å². The molecule has 0 bridgehead atoms. The second-order valence-electron chi connectivity index (χ2n) is 5.77. The molecule has 0 heterocycles. The van der Waals surface area contributed by atoms with Gasteiger partial charge in [-0.15, -0.1) is 0 Å². The maximum Gasteiger partial charge on any atom is 0.338 e. The van der Waals surface area contributed by atoms with Gasteiger partial charge in [-0.25, -0.2) is 4.79 Å². The summed E-state index contributed by atoms with van der Waals surface area (Å²) in [6, 6.07) is 21.7. The lowest BCUT2D eigenvalue weighted by Gasteiger charge is -2.11. The first-order chi connectivity index (χ1) is 13.5. The summed E-state index contributed by atoms with van der Waals surface area (Å²) in [4.78, 5) is 26.2. The monoisotopic (exact) mass is 412 g/mol. The van der Waals surface area contributed by atoms with Crippen molar-refractivity contribution in [1.29, 1.82) is 0 Å². The van der Waals surface area contributed by atoms with Crippen LogP contribution in [0.5, 0.6) is 0 Å². The van der Waals surface area contributed by atoms with Gasteiger partial charge in [0, 0.05) is 9.79 Å². The molecule has 5 nitrogen and oxygen atoms in total. The van der Waals surface area contributed by atoms with Crippen molar-refractivity contribution in [2.75, 3.05) is 17.7 Å². The van der Waals surface area contributed by atoms with Gasteiger partial charge in [-0.05, 0) is 42.5 Å². The summed E-state index contributed by atoms with van der Waals surface area (Å²) >= 11 is 7.36. The summed E-state index contributed by atoms with van der Waals surface area (Å²) in [6.45, 7) is -0.411. The van der Waals surface area contributed by atoms with Crippen LogP contribution in [0.15, 0.2) is 82.6 Å². The Morgan fingerprint density at radius 3 is 2.46 bits per heavy atom. The smallest absolute Gasteiger partial charge is 0.338 e. The SMILES string of the molecule is Nc1cc(C(=O)OCC(=O)Nc2ccccc2Sc2ccccc2)ccc1Cl. The number of esters is 1. The first-order valence-corrected chi connectivity index (χ1v) is 9.56. The van der Waals surface area contributed by atoms with Crippen molar-refractivity contribution >= 4 is 46.6 Å². The van der Waals surface area contributed by atoms with Gasteiger partial charge in [-0.3, -0.25) is 4.79 Å². The van der Waals surface area contributed by atoms with E-state index in [2.05, 4.69) is 5.32 Å². The maximum absolute atomic E-state index is 12.2. The molecule has 1 amide bonds. The third-order valence-corrected chi connectivity index (χ3v) is 5.13. The van der Waals surface area contributed by atoms with Crippen molar-refractivity contribution in [1.82, 2.24) is 0 Å². The quantitative estimate of drug-likeness (QED) is 0.446. The van der Waals surface area contributed by atoms with Gasteiger partial charge in [0.15, 0.2) is 6.61 Å². The van der Waals surface area contributed by atoms with Crippen molar-refractivity contribution in [3.63, 3.8) is 0 Å². The molecule has 0 aliphatic rings. The van der Waals surface area contributed by atoms with E-state index in [0.717, 1.165) is 9.79 Å². The van der Waals surface area contributed by atoms with E-state index in [1.54, 1.807) is 6.07 Å². The van der Waals surface area contributed by atoms with Crippen LogP contribution in [0.2, 0.25) is 5.02 Å². The van der Waals surface area contributed by atoms with Crippen LogP contribution in [0, 0.1) is 0 Å². The Balaban J connectivity index is 1.60. The van der Waals surface area contributed by atoms with Crippen LogP contribution in [0.25, 0.3) is 0 Å². The van der Waals surface area contributed by atoms with Crippen LogP contribution in [0.1, 0.15) is 10.4 Å². The number of rotatable bonds is 6. The summed E-state index contributed by atoms with van der Waals surface area (Å²) in [6.07, 6.45) is 0. The van der Waals surface area contributed by atoms with E-state index in [1.807, 2.05) is 48.5 Å². The van der Waals surface area contributed by atoms with Crippen molar-refractivity contribution < 1.29 is 14.3 Å². The Bertz CT molecular complexity index is 996. The number of benzene rings is 3. The van der Waals surface area contributed by atoms with Gasteiger partial charge in [0.2, 0.25) is 0 Å². The minimum Gasteiger partial charge on any atom is -0.452 e. The van der Waals surface area contributed by atoms with Gasteiger partial charge in [0.25, 0.3) is 5.91 Å². The van der Waals surface area contributed by atoms with Gasteiger partial charge in [0.05, 0.1) is 22.0 Å². The molecule has 0 fully saturated rings. The fourth-order valence-electron chi connectivity index (χ4n) is 2.35. The molecule has 0 aromatic heterocycles. The van der Waals surface area contributed by atoms with Crippen LogP contribution in [0.4, 0.5) is 11.4 Å².